The van der Waals surface area contributed by atoms with Crippen LogP contribution in [0.1, 0.15) is 18.4 Å². The van der Waals surface area contributed by atoms with E-state index in [4.69, 9.17) is 0 Å². The van der Waals surface area contributed by atoms with Crippen molar-refractivity contribution in [3.63, 3.8) is 0 Å². The molecule has 1 heterocycles. The molecule has 0 saturated carbocycles. The minimum atomic E-state index is -0.247. The molecule has 1 aromatic heterocycles. The zero-order valence-electron chi connectivity index (χ0n) is 12.3. The van der Waals surface area contributed by atoms with Crippen LogP contribution in [0.3, 0.4) is 0 Å². The van der Waals surface area contributed by atoms with E-state index in [2.05, 4.69) is 4.98 Å². The number of carbonyl (C=O) groups is 1. The molecule has 0 fully saturated rings. The number of benzene rings is 2. The predicted octanol–water partition coefficient (Wildman–Crippen LogP) is 3.65. The summed E-state index contributed by atoms with van der Waals surface area (Å²) in [4.78, 5) is 16.9. The third-order valence-corrected chi connectivity index (χ3v) is 3.90. The molecule has 108 valence electrons. The third kappa shape index (κ3) is 2.27. The number of hydrogen-bond donors (Lipinski definition) is 1. The minimum Gasteiger partial charge on any atom is -0.354 e. The molecule has 0 aliphatic rings. The maximum atomic E-state index is 13.4. The van der Waals surface area contributed by atoms with Crippen LogP contribution in [0.5, 0.6) is 0 Å². The summed E-state index contributed by atoms with van der Waals surface area (Å²) in [6.45, 7) is 1.89. The molecule has 0 spiro atoms. The summed E-state index contributed by atoms with van der Waals surface area (Å²) in [6.07, 6.45) is 0. The summed E-state index contributed by atoms with van der Waals surface area (Å²) < 4.78 is 13.4. The van der Waals surface area contributed by atoms with Crippen molar-refractivity contribution in [1.82, 2.24) is 9.88 Å². The fourth-order valence-corrected chi connectivity index (χ4v) is 2.69. The number of hydrogen-bond acceptors (Lipinski definition) is 1. The van der Waals surface area contributed by atoms with Gasteiger partial charge in [0.05, 0.1) is 5.92 Å². The lowest BCUT2D eigenvalue weighted by Gasteiger charge is -2.17. The number of halogens is 1. The lowest BCUT2D eigenvalue weighted by Crippen LogP contribution is -2.26. The van der Waals surface area contributed by atoms with Gasteiger partial charge in [-0.25, -0.2) is 4.39 Å². The Morgan fingerprint density at radius 3 is 2.57 bits per heavy atom. The Morgan fingerprint density at radius 1 is 1.10 bits per heavy atom. The second-order valence-corrected chi connectivity index (χ2v) is 5.57. The van der Waals surface area contributed by atoms with Gasteiger partial charge in [0, 0.05) is 35.9 Å². The molecule has 3 rings (SSSR count). The smallest absolute Gasteiger partial charge is 0.229 e. The Balaban J connectivity index is 2.12. The number of fused-ring (bicyclic) bond motifs is 3. The van der Waals surface area contributed by atoms with Gasteiger partial charge in [0.1, 0.15) is 5.82 Å². The van der Waals surface area contributed by atoms with Crippen molar-refractivity contribution in [2.75, 3.05) is 14.1 Å². The zero-order chi connectivity index (χ0) is 15.1. The number of carbonyl (C=O) groups excluding carboxylic acids is 1. The Morgan fingerprint density at radius 2 is 1.86 bits per heavy atom. The van der Waals surface area contributed by atoms with Crippen molar-refractivity contribution in [1.29, 1.82) is 0 Å². The van der Waals surface area contributed by atoms with Gasteiger partial charge in [-0.05, 0) is 36.8 Å². The van der Waals surface area contributed by atoms with E-state index in [0.29, 0.717) is 0 Å². The van der Waals surface area contributed by atoms with Crippen molar-refractivity contribution < 1.29 is 9.18 Å². The van der Waals surface area contributed by atoms with Gasteiger partial charge in [-0.2, -0.15) is 0 Å². The Labute approximate surface area is 122 Å². The number of amides is 1. The summed E-state index contributed by atoms with van der Waals surface area (Å²) in [5.41, 5.74) is 2.77. The molecular weight excluding hydrogens is 267 g/mol. The number of aromatic amines is 1. The normalized spacial score (nSPS) is 12.8. The number of H-pyrrole nitrogens is 1. The zero-order valence-corrected chi connectivity index (χ0v) is 12.3. The van der Waals surface area contributed by atoms with Gasteiger partial charge in [0.2, 0.25) is 5.91 Å². The highest BCUT2D eigenvalue weighted by molar-refractivity contribution is 6.07. The maximum Gasteiger partial charge on any atom is 0.229 e. The van der Waals surface area contributed by atoms with E-state index in [1.54, 1.807) is 25.1 Å². The van der Waals surface area contributed by atoms with E-state index in [0.717, 1.165) is 27.4 Å². The van der Waals surface area contributed by atoms with Gasteiger partial charge in [0.15, 0.2) is 0 Å². The molecule has 0 saturated heterocycles. The van der Waals surface area contributed by atoms with E-state index < -0.39 is 0 Å². The fraction of sp³-hybridized carbons (Fsp3) is 0.235. The number of nitrogens with one attached hydrogen (secondary N) is 1. The van der Waals surface area contributed by atoms with Gasteiger partial charge in [-0.1, -0.05) is 12.1 Å². The maximum absolute atomic E-state index is 13.4. The van der Waals surface area contributed by atoms with E-state index in [1.807, 2.05) is 25.1 Å². The van der Waals surface area contributed by atoms with Crippen molar-refractivity contribution in [3.05, 3.63) is 47.8 Å². The van der Waals surface area contributed by atoms with Crippen molar-refractivity contribution in [3.8, 4) is 0 Å². The first-order valence-corrected chi connectivity index (χ1v) is 6.89. The highest BCUT2D eigenvalue weighted by Gasteiger charge is 2.18. The van der Waals surface area contributed by atoms with Crippen molar-refractivity contribution in [2.24, 2.45) is 0 Å². The molecule has 4 heteroatoms. The Kier molecular flexibility index (Phi) is 3.16. The highest BCUT2D eigenvalue weighted by Crippen LogP contribution is 2.29. The molecule has 3 aromatic rings. The standard InChI is InChI=1S/C17H17FN2O/c1-10(17(21)20(2)3)11-4-6-13-14-9-12(18)5-7-15(14)19-16(13)8-11/h4-10,19H,1-3H3. The van der Waals surface area contributed by atoms with Gasteiger partial charge < -0.3 is 9.88 Å². The van der Waals surface area contributed by atoms with Crippen molar-refractivity contribution >= 4 is 27.7 Å². The fourth-order valence-electron chi connectivity index (χ4n) is 2.69. The summed E-state index contributed by atoms with van der Waals surface area (Å²) >= 11 is 0. The average molecular weight is 284 g/mol. The molecule has 1 N–H and O–H groups in total. The molecule has 3 nitrogen and oxygen atoms in total. The number of nitrogens with zero attached hydrogens (tertiary/aromatic N) is 1. The summed E-state index contributed by atoms with van der Waals surface area (Å²) in [5.74, 6) is -0.382. The Bertz CT molecular complexity index is 835. The van der Waals surface area contributed by atoms with Gasteiger partial charge in [-0.15, -0.1) is 0 Å². The van der Waals surface area contributed by atoms with E-state index in [-0.39, 0.29) is 17.6 Å². The van der Waals surface area contributed by atoms with Crippen LogP contribution < -0.4 is 0 Å². The topological polar surface area (TPSA) is 36.1 Å². The largest absolute Gasteiger partial charge is 0.354 e. The first-order valence-electron chi connectivity index (χ1n) is 6.89. The number of aromatic nitrogens is 1. The molecule has 2 aromatic carbocycles. The van der Waals surface area contributed by atoms with Gasteiger partial charge >= 0.3 is 0 Å². The monoisotopic (exact) mass is 284 g/mol. The van der Waals surface area contributed by atoms with Crippen molar-refractivity contribution in [2.45, 2.75) is 12.8 Å². The summed E-state index contributed by atoms with van der Waals surface area (Å²) in [7, 11) is 3.51. The average Bonchev–Trinajstić information content (AvgIpc) is 2.82. The lowest BCUT2D eigenvalue weighted by molar-refractivity contribution is -0.129. The SMILES string of the molecule is CC(C(=O)N(C)C)c1ccc2c(c1)[nH]c1ccc(F)cc12. The molecule has 0 radical (unpaired) electrons. The van der Waals surface area contributed by atoms with Crippen LogP contribution in [0, 0.1) is 5.82 Å². The summed E-state index contributed by atoms with van der Waals surface area (Å²) in [6, 6.07) is 10.6. The van der Waals surface area contributed by atoms with E-state index in [1.165, 1.54) is 12.1 Å². The number of likely N-dealkylation sites (N-methyl/N-ethyl adjacent to an activating group) is 1. The molecule has 1 atom stereocenters. The molecule has 1 amide bonds. The van der Waals surface area contributed by atoms with Crippen LogP contribution in [0.4, 0.5) is 4.39 Å². The quantitative estimate of drug-likeness (QED) is 0.766. The molecule has 0 aliphatic heterocycles. The summed E-state index contributed by atoms with van der Waals surface area (Å²) in [5, 5.41) is 1.83. The first-order chi connectivity index (χ1) is 9.97. The second kappa shape index (κ2) is 4.88. The van der Waals surface area contributed by atoms with Crippen LogP contribution in [0.2, 0.25) is 0 Å². The first kappa shape index (κ1) is 13.6. The van der Waals surface area contributed by atoms with Crippen LogP contribution >= 0.6 is 0 Å². The van der Waals surface area contributed by atoms with E-state index in [9.17, 15) is 9.18 Å². The van der Waals surface area contributed by atoms with Gasteiger partial charge in [0.25, 0.3) is 0 Å². The number of rotatable bonds is 2. The van der Waals surface area contributed by atoms with Crippen LogP contribution in [0.25, 0.3) is 21.8 Å². The Hall–Kier alpha value is -2.36. The van der Waals surface area contributed by atoms with Crippen LogP contribution in [-0.2, 0) is 4.79 Å². The molecule has 21 heavy (non-hydrogen) atoms. The molecule has 1 unspecified atom stereocenters. The molecular formula is C17H17FN2O. The third-order valence-electron chi connectivity index (χ3n) is 3.90. The van der Waals surface area contributed by atoms with Crippen LogP contribution in [0.15, 0.2) is 36.4 Å². The predicted molar refractivity (Wildman–Crippen MR) is 82.9 cm³/mol. The molecule has 0 aliphatic carbocycles. The van der Waals surface area contributed by atoms with E-state index >= 15 is 0 Å². The second-order valence-electron chi connectivity index (χ2n) is 5.57. The van der Waals surface area contributed by atoms with Crippen LogP contribution in [-0.4, -0.2) is 29.9 Å². The molecule has 0 bridgehead atoms. The highest BCUT2D eigenvalue weighted by atomic mass is 19.1. The van der Waals surface area contributed by atoms with Gasteiger partial charge in [-0.3, -0.25) is 4.79 Å². The lowest BCUT2D eigenvalue weighted by atomic mass is 9.98. The minimum absolute atomic E-state index is 0.0662.